The lowest BCUT2D eigenvalue weighted by molar-refractivity contribution is 0.198. The Bertz CT molecular complexity index is 552. The molecule has 0 spiro atoms. The topological polar surface area (TPSA) is 29.5 Å². The second-order valence-electron chi connectivity index (χ2n) is 5.16. The molecule has 0 aliphatic rings. The molecule has 1 atom stereocenters. The number of hydrogen-bond donors (Lipinski definition) is 1. The lowest BCUT2D eigenvalue weighted by Crippen LogP contribution is -2.01. The molecular weight excluding hydrogens is 267 g/mol. The molecule has 0 radical (unpaired) electrons. The fourth-order valence-electron chi connectivity index (χ4n) is 2.15. The summed E-state index contributed by atoms with van der Waals surface area (Å²) < 4.78 is 19.2. The Kier molecular flexibility index (Phi) is 5.76. The summed E-state index contributed by atoms with van der Waals surface area (Å²) in [4.78, 5) is 0. The van der Waals surface area contributed by atoms with Gasteiger partial charge in [-0.05, 0) is 49.4 Å². The van der Waals surface area contributed by atoms with Crippen LogP contribution in [0.4, 0.5) is 4.39 Å². The number of aryl methyl sites for hydroxylation is 1. The zero-order valence-electron chi connectivity index (χ0n) is 12.3. The van der Waals surface area contributed by atoms with Gasteiger partial charge in [0.25, 0.3) is 0 Å². The summed E-state index contributed by atoms with van der Waals surface area (Å²) in [5.74, 6) is -0.171. The highest BCUT2D eigenvalue weighted by Crippen LogP contribution is 2.22. The van der Waals surface area contributed by atoms with Crippen molar-refractivity contribution in [2.24, 2.45) is 0 Å². The van der Waals surface area contributed by atoms with Crippen LogP contribution in [0.2, 0.25) is 0 Å². The smallest absolute Gasteiger partial charge is 0.165 e. The first-order valence-electron chi connectivity index (χ1n) is 7.31. The maximum atomic E-state index is 13.7. The molecule has 1 N–H and O–H groups in total. The fraction of sp³-hybridized carbons (Fsp3) is 0.333. The number of hydrogen-bond acceptors (Lipinski definition) is 2. The minimum Gasteiger partial charge on any atom is -0.491 e. The summed E-state index contributed by atoms with van der Waals surface area (Å²) in [5.41, 5.74) is 1.87. The first-order valence-corrected chi connectivity index (χ1v) is 7.31. The Balaban J connectivity index is 1.74. The van der Waals surface area contributed by atoms with Crippen molar-refractivity contribution in [2.75, 3.05) is 6.61 Å². The first-order chi connectivity index (χ1) is 10.2. The average molecular weight is 288 g/mol. The molecule has 2 aromatic carbocycles. The van der Waals surface area contributed by atoms with Crippen molar-refractivity contribution in [3.63, 3.8) is 0 Å². The van der Waals surface area contributed by atoms with Crippen molar-refractivity contribution in [3.05, 3.63) is 65.5 Å². The van der Waals surface area contributed by atoms with Gasteiger partial charge in [-0.2, -0.15) is 0 Å². The molecule has 0 fully saturated rings. The molecular formula is C18H21FO2. The number of halogens is 1. The van der Waals surface area contributed by atoms with E-state index in [9.17, 15) is 9.50 Å². The standard InChI is InChI=1S/C18H21FO2/c1-14(20)16-10-11-18(17(19)13-16)21-12-6-5-9-15-7-3-2-4-8-15/h2-4,7-8,10-11,13-14,20H,5-6,9,12H2,1H3. The molecule has 0 aromatic heterocycles. The van der Waals surface area contributed by atoms with Gasteiger partial charge in [0.15, 0.2) is 11.6 Å². The Hall–Kier alpha value is -1.87. The van der Waals surface area contributed by atoms with Crippen LogP contribution in [0.1, 0.15) is 37.0 Å². The molecule has 0 heterocycles. The van der Waals surface area contributed by atoms with Gasteiger partial charge in [0.05, 0.1) is 12.7 Å². The number of aliphatic hydroxyl groups excluding tert-OH is 1. The number of aliphatic hydroxyl groups is 1. The molecule has 2 rings (SSSR count). The monoisotopic (exact) mass is 288 g/mol. The molecule has 0 amide bonds. The van der Waals surface area contributed by atoms with Gasteiger partial charge < -0.3 is 9.84 Å². The van der Waals surface area contributed by atoms with Gasteiger partial charge in [0, 0.05) is 0 Å². The van der Waals surface area contributed by atoms with Gasteiger partial charge in [0.2, 0.25) is 0 Å². The minimum atomic E-state index is -0.667. The second-order valence-corrected chi connectivity index (χ2v) is 5.16. The zero-order chi connectivity index (χ0) is 15.1. The summed E-state index contributed by atoms with van der Waals surface area (Å²) in [6.45, 7) is 2.11. The highest BCUT2D eigenvalue weighted by Gasteiger charge is 2.07. The molecule has 0 saturated heterocycles. The van der Waals surface area contributed by atoms with Gasteiger partial charge >= 0.3 is 0 Å². The average Bonchev–Trinajstić information content (AvgIpc) is 2.49. The third-order valence-corrected chi connectivity index (χ3v) is 3.40. The van der Waals surface area contributed by atoms with Gasteiger partial charge in [0.1, 0.15) is 0 Å². The minimum absolute atomic E-state index is 0.249. The second kappa shape index (κ2) is 7.79. The Morgan fingerprint density at radius 1 is 1.10 bits per heavy atom. The molecule has 0 aliphatic carbocycles. The summed E-state index contributed by atoms with van der Waals surface area (Å²) in [7, 11) is 0. The van der Waals surface area contributed by atoms with Crippen LogP contribution in [0.15, 0.2) is 48.5 Å². The lowest BCUT2D eigenvalue weighted by atomic mass is 10.1. The van der Waals surface area contributed by atoms with Crippen LogP contribution in [0.25, 0.3) is 0 Å². The maximum absolute atomic E-state index is 13.7. The highest BCUT2D eigenvalue weighted by atomic mass is 19.1. The van der Waals surface area contributed by atoms with Gasteiger partial charge in [-0.25, -0.2) is 4.39 Å². The van der Waals surface area contributed by atoms with E-state index in [1.54, 1.807) is 19.1 Å². The van der Waals surface area contributed by atoms with E-state index in [4.69, 9.17) is 4.74 Å². The Morgan fingerprint density at radius 2 is 1.86 bits per heavy atom. The Morgan fingerprint density at radius 3 is 2.52 bits per heavy atom. The molecule has 21 heavy (non-hydrogen) atoms. The van der Waals surface area contributed by atoms with E-state index in [1.807, 2.05) is 18.2 Å². The van der Waals surface area contributed by atoms with Crippen LogP contribution in [-0.4, -0.2) is 11.7 Å². The number of ether oxygens (including phenoxy) is 1. The largest absolute Gasteiger partial charge is 0.491 e. The summed E-state index contributed by atoms with van der Waals surface area (Å²) >= 11 is 0. The van der Waals surface area contributed by atoms with E-state index < -0.39 is 11.9 Å². The number of benzene rings is 2. The summed E-state index contributed by atoms with van der Waals surface area (Å²) in [5, 5.41) is 9.39. The molecule has 3 heteroatoms. The SMILES string of the molecule is CC(O)c1ccc(OCCCCc2ccccc2)c(F)c1. The van der Waals surface area contributed by atoms with Crippen LogP contribution in [0.3, 0.4) is 0 Å². The molecule has 0 saturated carbocycles. The van der Waals surface area contributed by atoms with Crippen LogP contribution < -0.4 is 4.74 Å². The van der Waals surface area contributed by atoms with Crippen LogP contribution in [0, 0.1) is 5.82 Å². The summed E-state index contributed by atoms with van der Waals surface area (Å²) in [6, 6.07) is 14.9. The highest BCUT2D eigenvalue weighted by molar-refractivity contribution is 5.30. The normalized spacial score (nSPS) is 12.1. The lowest BCUT2D eigenvalue weighted by Gasteiger charge is -2.10. The van der Waals surface area contributed by atoms with Crippen LogP contribution in [-0.2, 0) is 6.42 Å². The molecule has 0 bridgehead atoms. The van der Waals surface area contributed by atoms with Crippen LogP contribution in [0.5, 0.6) is 5.75 Å². The third kappa shape index (κ3) is 4.87. The maximum Gasteiger partial charge on any atom is 0.165 e. The number of unbranched alkanes of at least 4 members (excludes halogenated alkanes) is 1. The Labute approximate surface area is 125 Å². The predicted octanol–water partition coefficient (Wildman–Crippen LogP) is 4.28. The van der Waals surface area contributed by atoms with Crippen LogP contribution >= 0.6 is 0 Å². The van der Waals surface area contributed by atoms with E-state index in [2.05, 4.69) is 12.1 Å². The van der Waals surface area contributed by atoms with Crippen molar-refractivity contribution in [2.45, 2.75) is 32.3 Å². The molecule has 112 valence electrons. The van der Waals surface area contributed by atoms with Crippen molar-refractivity contribution >= 4 is 0 Å². The van der Waals surface area contributed by atoms with Crippen molar-refractivity contribution in [3.8, 4) is 5.75 Å². The number of rotatable bonds is 7. The van der Waals surface area contributed by atoms with Gasteiger partial charge in [-0.1, -0.05) is 36.4 Å². The van der Waals surface area contributed by atoms with Crippen molar-refractivity contribution in [1.29, 1.82) is 0 Å². The van der Waals surface area contributed by atoms with E-state index in [-0.39, 0.29) is 5.75 Å². The van der Waals surface area contributed by atoms with E-state index in [0.29, 0.717) is 12.2 Å². The van der Waals surface area contributed by atoms with Crippen molar-refractivity contribution in [1.82, 2.24) is 0 Å². The summed E-state index contributed by atoms with van der Waals surface area (Å²) in [6.07, 6.45) is 2.23. The van der Waals surface area contributed by atoms with Gasteiger partial charge in [-0.3, -0.25) is 0 Å². The molecule has 2 aromatic rings. The van der Waals surface area contributed by atoms with Crippen molar-refractivity contribution < 1.29 is 14.2 Å². The van der Waals surface area contributed by atoms with E-state index >= 15 is 0 Å². The fourth-order valence-corrected chi connectivity index (χ4v) is 2.15. The molecule has 1 unspecified atom stereocenters. The first kappa shape index (κ1) is 15.5. The predicted molar refractivity (Wildman–Crippen MR) is 81.9 cm³/mol. The van der Waals surface area contributed by atoms with Gasteiger partial charge in [-0.15, -0.1) is 0 Å². The van der Waals surface area contributed by atoms with E-state index in [1.165, 1.54) is 11.6 Å². The molecule has 2 nitrogen and oxygen atoms in total. The quantitative estimate of drug-likeness (QED) is 0.770. The third-order valence-electron chi connectivity index (χ3n) is 3.40. The zero-order valence-corrected chi connectivity index (χ0v) is 12.3. The molecule has 0 aliphatic heterocycles. The van der Waals surface area contributed by atoms with E-state index in [0.717, 1.165) is 19.3 Å².